The number of carbonyl (C=O) groups excluding carboxylic acids is 2. The number of hydrogen-bond donors (Lipinski definition) is 1. The van der Waals surface area contributed by atoms with Crippen molar-refractivity contribution in [2.75, 3.05) is 11.7 Å². The van der Waals surface area contributed by atoms with Gasteiger partial charge in [0, 0.05) is 17.3 Å². The summed E-state index contributed by atoms with van der Waals surface area (Å²) in [6, 6.07) is 19.4. The molecule has 1 N–H and O–H groups in total. The molecule has 0 saturated carbocycles. The van der Waals surface area contributed by atoms with Gasteiger partial charge in [-0.15, -0.1) is 5.10 Å². The summed E-state index contributed by atoms with van der Waals surface area (Å²) in [6.45, 7) is 7.91. The van der Waals surface area contributed by atoms with Crippen LogP contribution < -0.4 is 19.7 Å². The molecular formula is C29H31N5O4. The fraction of sp³-hybridized carbons (Fsp3) is 0.310. The number of rotatable bonds is 8. The fourth-order valence-electron chi connectivity index (χ4n) is 4.37. The van der Waals surface area contributed by atoms with E-state index in [4.69, 9.17) is 9.47 Å². The average Bonchev–Trinajstić information content (AvgIpc) is 3.54. The third-order valence-corrected chi connectivity index (χ3v) is 6.85. The summed E-state index contributed by atoms with van der Waals surface area (Å²) < 4.78 is 12.6. The van der Waals surface area contributed by atoms with E-state index in [0.29, 0.717) is 28.3 Å². The molecule has 5 rings (SSSR count). The molecule has 1 aromatic heterocycles. The van der Waals surface area contributed by atoms with Gasteiger partial charge in [-0.05, 0) is 57.0 Å². The first-order valence-corrected chi connectivity index (χ1v) is 12.6. The first kappa shape index (κ1) is 25.3. The summed E-state index contributed by atoms with van der Waals surface area (Å²) in [5, 5.41) is 11.5. The van der Waals surface area contributed by atoms with Crippen LogP contribution in [0.3, 0.4) is 0 Å². The summed E-state index contributed by atoms with van der Waals surface area (Å²) in [5.74, 6) is 0.500. The summed E-state index contributed by atoms with van der Waals surface area (Å²) in [6.07, 6.45) is 0.724. The van der Waals surface area contributed by atoms with Gasteiger partial charge < -0.3 is 14.8 Å². The maximum Gasteiger partial charge on any atom is 0.249 e. The summed E-state index contributed by atoms with van der Waals surface area (Å²) in [5.41, 5.74) is 3.21. The molecule has 2 amide bonds. The Morgan fingerprint density at radius 2 is 1.79 bits per heavy atom. The number of para-hydroxylation sites is 1. The maximum absolute atomic E-state index is 14.2. The molecule has 2 heterocycles. The number of carbonyl (C=O) groups is 2. The highest BCUT2D eigenvalue weighted by atomic mass is 16.7. The minimum atomic E-state index is -0.941. The number of hydrogen-bond acceptors (Lipinski definition) is 6. The molecule has 1 aliphatic rings. The molecule has 9 nitrogen and oxygen atoms in total. The van der Waals surface area contributed by atoms with Gasteiger partial charge in [0.25, 0.3) is 0 Å². The van der Waals surface area contributed by atoms with Gasteiger partial charge in [-0.2, -0.15) is 0 Å². The van der Waals surface area contributed by atoms with Crippen molar-refractivity contribution in [3.63, 3.8) is 0 Å². The quantitative estimate of drug-likeness (QED) is 0.371. The normalized spacial score (nSPS) is 13.4. The number of fused-ring (bicyclic) bond motifs is 2. The van der Waals surface area contributed by atoms with Crippen LogP contribution in [-0.2, 0) is 16.1 Å². The Labute approximate surface area is 221 Å². The number of aromatic nitrogens is 3. The number of anilines is 1. The fourth-order valence-corrected chi connectivity index (χ4v) is 4.37. The van der Waals surface area contributed by atoms with Gasteiger partial charge in [0.05, 0.1) is 5.52 Å². The molecule has 1 aliphatic heterocycles. The lowest BCUT2D eigenvalue weighted by Gasteiger charge is -2.34. The Hall–Kier alpha value is -4.40. The number of amides is 2. The van der Waals surface area contributed by atoms with Crippen molar-refractivity contribution >= 4 is 28.5 Å². The molecular weight excluding hydrogens is 482 g/mol. The van der Waals surface area contributed by atoms with Gasteiger partial charge in [-0.1, -0.05) is 54.1 Å². The van der Waals surface area contributed by atoms with Crippen LogP contribution in [0.2, 0.25) is 0 Å². The highest BCUT2D eigenvalue weighted by Gasteiger charge is 2.36. The van der Waals surface area contributed by atoms with Crippen LogP contribution in [0.4, 0.5) is 5.69 Å². The highest BCUT2D eigenvalue weighted by molar-refractivity contribution is 6.02. The van der Waals surface area contributed by atoms with Crippen molar-refractivity contribution < 1.29 is 19.1 Å². The molecule has 1 atom stereocenters. The smallest absolute Gasteiger partial charge is 0.249 e. The van der Waals surface area contributed by atoms with Crippen LogP contribution in [0.15, 0.2) is 66.7 Å². The van der Waals surface area contributed by atoms with Crippen LogP contribution in [0.5, 0.6) is 11.5 Å². The molecule has 0 saturated heterocycles. The predicted molar refractivity (Wildman–Crippen MR) is 144 cm³/mol. The summed E-state index contributed by atoms with van der Waals surface area (Å²) in [7, 11) is 0. The lowest BCUT2D eigenvalue weighted by atomic mass is 9.97. The monoisotopic (exact) mass is 513 g/mol. The lowest BCUT2D eigenvalue weighted by Crippen LogP contribution is -2.51. The number of aryl methyl sites for hydroxylation is 1. The van der Waals surface area contributed by atoms with E-state index in [1.165, 1.54) is 4.90 Å². The Morgan fingerprint density at radius 1 is 1.05 bits per heavy atom. The van der Waals surface area contributed by atoms with Crippen LogP contribution in [0.25, 0.3) is 11.0 Å². The van der Waals surface area contributed by atoms with E-state index in [9.17, 15) is 9.59 Å². The molecule has 9 heteroatoms. The molecule has 38 heavy (non-hydrogen) atoms. The second kappa shape index (κ2) is 10.2. The number of nitrogens with one attached hydrogen (secondary N) is 1. The molecule has 0 aliphatic carbocycles. The zero-order valence-electron chi connectivity index (χ0n) is 22.0. The largest absolute Gasteiger partial charge is 0.454 e. The van der Waals surface area contributed by atoms with Gasteiger partial charge in [0.15, 0.2) is 11.5 Å². The number of nitrogens with zero attached hydrogens (tertiary/aromatic N) is 4. The molecule has 0 radical (unpaired) electrons. The van der Waals surface area contributed by atoms with Crippen molar-refractivity contribution in [2.45, 2.75) is 52.2 Å². The Morgan fingerprint density at radius 3 is 2.55 bits per heavy atom. The first-order valence-electron chi connectivity index (χ1n) is 12.6. The Balaban J connectivity index is 1.61. The first-order chi connectivity index (χ1) is 18.3. The highest BCUT2D eigenvalue weighted by Crippen LogP contribution is 2.38. The van der Waals surface area contributed by atoms with E-state index in [2.05, 4.69) is 15.6 Å². The van der Waals surface area contributed by atoms with Crippen molar-refractivity contribution in [3.05, 3.63) is 77.9 Å². The molecule has 4 aromatic rings. The van der Waals surface area contributed by atoms with Crippen LogP contribution in [0.1, 0.15) is 44.4 Å². The predicted octanol–water partition coefficient (Wildman–Crippen LogP) is 4.55. The molecule has 0 bridgehead atoms. The molecule has 3 aromatic carbocycles. The van der Waals surface area contributed by atoms with E-state index in [1.807, 2.05) is 76.2 Å². The van der Waals surface area contributed by atoms with Gasteiger partial charge >= 0.3 is 0 Å². The van der Waals surface area contributed by atoms with Crippen molar-refractivity contribution in [2.24, 2.45) is 0 Å². The van der Waals surface area contributed by atoms with Gasteiger partial charge in [-0.25, -0.2) is 4.68 Å². The van der Waals surface area contributed by atoms with Crippen LogP contribution in [-0.4, -0.2) is 39.1 Å². The standard InChI is InChI=1S/C29H31N5O4/c1-5-29(3,4)30-28(36)27(20-12-10-19(2)11-13-20)34(21-14-15-24-25(16-21)38-18-37-24)26(35)17-33-23-9-7-6-8-22(23)31-32-33/h6-16,27H,5,17-18H2,1-4H3,(H,30,36). The Bertz CT molecular complexity index is 1480. The van der Waals surface area contributed by atoms with E-state index in [0.717, 1.165) is 17.5 Å². The average molecular weight is 514 g/mol. The van der Waals surface area contributed by atoms with E-state index in [-0.39, 0.29) is 25.2 Å². The van der Waals surface area contributed by atoms with Crippen molar-refractivity contribution in [1.29, 1.82) is 0 Å². The van der Waals surface area contributed by atoms with E-state index < -0.39 is 11.6 Å². The minimum Gasteiger partial charge on any atom is -0.454 e. The number of ether oxygens (including phenoxy) is 2. The molecule has 1 unspecified atom stereocenters. The van der Waals surface area contributed by atoms with Crippen molar-refractivity contribution in [3.8, 4) is 11.5 Å². The van der Waals surface area contributed by atoms with Crippen LogP contribution in [0, 0.1) is 6.92 Å². The number of benzene rings is 3. The minimum absolute atomic E-state index is 0.101. The van der Waals surface area contributed by atoms with Crippen molar-refractivity contribution in [1.82, 2.24) is 20.3 Å². The van der Waals surface area contributed by atoms with Crippen LogP contribution >= 0.6 is 0 Å². The third-order valence-electron chi connectivity index (χ3n) is 6.85. The zero-order valence-corrected chi connectivity index (χ0v) is 22.0. The molecule has 0 spiro atoms. The third kappa shape index (κ3) is 5.04. The second-order valence-corrected chi connectivity index (χ2v) is 10.1. The van der Waals surface area contributed by atoms with Gasteiger partial charge in [0.2, 0.25) is 18.6 Å². The lowest BCUT2D eigenvalue weighted by molar-refractivity contribution is -0.128. The Kier molecular flexibility index (Phi) is 6.75. The summed E-state index contributed by atoms with van der Waals surface area (Å²) >= 11 is 0. The summed E-state index contributed by atoms with van der Waals surface area (Å²) in [4.78, 5) is 29.7. The van der Waals surface area contributed by atoms with E-state index in [1.54, 1.807) is 22.9 Å². The maximum atomic E-state index is 14.2. The van der Waals surface area contributed by atoms with Gasteiger partial charge in [0.1, 0.15) is 18.1 Å². The zero-order chi connectivity index (χ0) is 26.9. The topological polar surface area (TPSA) is 98.6 Å². The van der Waals surface area contributed by atoms with E-state index >= 15 is 0 Å². The second-order valence-electron chi connectivity index (χ2n) is 10.1. The molecule has 196 valence electrons. The SMILES string of the molecule is CCC(C)(C)NC(=O)C(c1ccc(C)cc1)N(C(=O)Cn1nnc2ccccc21)c1ccc2c(c1)OCO2. The molecule has 0 fully saturated rings. The van der Waals surface area contributed by atoms with Gasteiger partial charge in [-0.3, -0.25) is 14.5 Å².